The molecule has 0 atom stereocenters. The molecule has 0 fully saturated rings. The minimum atomic E-state index is 0.0369. The highest BCUT2D eigenvalue weighted by molar-refractivity contribution is 7.19. The maximum atomic E-state index is 5.75. The third-order valence-corrected chi connectivity index (χ3v) is 18.9. The maximum Gasteiger partial charge on any atom is 0.0988 e. The lowest BCUT2D eigenvalue weighted by Crippen LogP contribution is -2.25. The van der Waals surface area contributed by atoms with Crippen LogP contribution >= 0.6 is 22.7 Å². The van der Waals surface area contributed by atoms with Gasteiger partial charge in [-0.3, -0.25) is 0 Å². The van der Waals surface area contributed by atoms with E-state index in [1.807, 2.05) is 22.7 Å². The van der Waals surface area contributed by atoms with E-state index in [9.17, 15) is 0 Å². The Bertz CT molecular complexity index is 3050. The Morgan fingerprint density at radius 3 is 1.23 bits per heavy atom. The first kappa shape index (κ1) is 54.6. The number of aromatic nitrogens is 2. The summed E-state index contributed by atoms with van der Waals surface area (Å²) in [4.78, 5) is 16.5. The van der Waals surface area contributed by atoms with E-state index in [-0.39, 0.29) is 5.41 Å². The molecule has 1 aliphatic rings. The van der Waals surface area contributed by atoms with Crippen LogP contribution in [0, 0.1) is 13.8 Å². The first-order valence-electron chi connectivity index (χ1n) is 29.8. The molecule has 0 spiro atoms. The van der Waals surface area contributed by atoms with Crippen molar-refractivity contribution in [2.75, 3.05) is 0 Å². The molecule has 0 saturated heterocycles. The van der Waals surface area contributed by atoms with Gasteiger partial charge in [0.05, 0.1) is 22.4 Å². The molecule has 0 bridgehead atoms. The molecule has 75 heavy (non-hydrogen) atoms. The molecule has 0 aliphatic heterocycles. The summed E-state index contributed by atoms with van der Waals surface area (Å²) < 4.78 is 0. The van der Waals surface area contributed by atoms with Crippen molar-refractivity contribution in [3.8, 4) is 65.0 Å². The summed E-state index contributed by atoms with van der Waals surface area (Å²) in [6, 6.07) is 46.7. The number of aryl methyl sites for hydroxylation is 4. The third-order valence-electron chi connectivity index (χ3n) is 16.7. The van der Waals surface area contributed by atoms with Crippen LogP contribution in [0.1, 0.15) is 202 Å². The number of hydrogen-bond acceptors (Lipinski definition) is 4. The topological polar surface area (TPSA) is 25.8 Å². The summed E-state index contributed by atoms with van der Waals surface area (Å²) in [7, 11) is 0. The lowest BCUT2D eigenvalue weighted by Gasteiger charge is -2.33. The third kappa shape index (κ3) is 13.0. The predicted molar refractivity (Wildman–Crippen MR) is 330 cm³/mol. The second kappa shape index (κ2) is 26.7. The number of rotatable bonds is 29. The molecular formula is C71H86N2S2. The van der Waals surface area contributed by atoms with Crippen LogP contribution in [0.4, 0.5) is 0 Å². The van der Waals surface area contributed by atoms with Crippen molar-refractivity contribution in [2.24, 2.45) is 0 Å². The van der Waals surface area contributed by atoms with Gasteiger partial charge in [-0.1, -0.05) is 253 Å². The fourth-order valence-corrected chi connectivity index (χ4v) is 14.1. The number of nitrogens with zero attached hydrogens (tertiary/aromatic N) is 2. The Morgan fingerprint density at radius 1 is 0.360 bits per heavy atom. The molecule has 3 heterocycles. The largest absolute Gasteiger partial charge is 0.243 e. The SMILES string of the molecule is CCCCCCCCCCCCC1(CCCCCCCCCCCC)c2cc(C)ccc2-c2ccc(-c3ccc(-c4ccc(-c5ccc(C)s5)c5nc(-c6ccc(CC)cc6)c(-c6ccc(CC)cc6)nc45)s3)cc21. The van der Waals surface area contributed by atoms with Crippen LogP contribution in [-0.2, 0) is 18.3 Å². The van der Waals surface area contributed by atoms with Crippen molar-refractivity contribution in [3.05, 3.63) is 154 Å². The van der Waals surface area contributed by atoms with Gasteiger partial charge in [-0.15, -0.1) is 22.7 Å². The molecule has 0 unspecified atom stereocenters. The van der Waals surface area contributed by atoms with Crippen molar-refractivity contribution in [3.63, 3.8) is 0 Å². The van der Waals surface area contributed by atoms with Crippen molar-refractivity contribution >= 4 is 33.7 Å². The first-order valence-corrected chi connectivity index (χ1v) is 31.4. The standard InChI is InChI=1S/C71H86N2S2/c1-7-11-13-15-17-19-21-23-25-27-47-71(48-28-26-24-22-20-18-16-14-12-8-2)62-49-51(5)29-40-58(62)59-41-39-57(50-63(59)71)64-45-46-66(75-64)61-43-42-60(65-44-30-52(6)74-65)69-70(61)73-68(56-37-33-54(10-4)34-38-56)67(72-69)55-35-31-53(9-3)32-36-55/h29-46,49-50H,7-28,47-48H2,1-6H3. The molecule has 1 aliphatic carbocycles. The molecule has 0 radical (unpaired) electrons. The van der Waals surface area contributed by atoms with Crippen molar-refractivity contribution in [1.82, 2.24) is 9.97 Å². The Hall–Kier alpha value is -5.16. The lowest BCUT2D eigenvalue weighted by molar-refractivity contribution is 0.397. The van der Waals surface area contributed by atoms with Crippen LogP contribution in [0.2, 0.25) is 0 Å². The molecule has 0 saturated carbocycles. The van der Waals surface area contributed by atoms with E-state index < -0.39 is 0 Å². The Morgan fingerprint density at radius 2 is 0.760 bits per heavy atom. The monoisotopic (exact) mass is 1030 g/mol. The van der Waals surface area contributed by atoms with Gasteiger partial charge in [0.2, 0.25) is 0 Å². The van der Waals surface area contributed by atoms with E-state index in [2.05, 4.69) is 163 Å². The van der Waals surface area contributed by atoms with Gasteiger partial charge in [0.25, 0.3) is 0 Å². The molecular weight excluding hydrogens is 945 g/mol. The highest BCUT2D eigenvalue weighted by Gasteiger charge is 2.42. The first-order chi connectivity index (χ1) is 36.8. The molecule has 0 amide bonds. The van der Waals surface area contributed by atoms with Gasteiger partial charge in [0.1, 0.15) is 0 Å². The van der Waals surface area contributed by atoms with Crippen molar-refractivity contribution in [1.29, 1.82) is 0 Å². The number of benzene rings is 5. The van der Waals surface area contributed by atoms with E-state index in [4.69, 9.17) is 9.97 Å². The zero-order valence-electron chi connectivity index (χ0n) is 46.7. The number of thiophene rings is 2. The Labute approximate surface area is 460 Å². The highest BCUT2D eigenvalue weighted by Crippen LogP contribution is 2.56. The smallest absolute Gasteiger partial charge is 0.0988 e. The van der Waals surface area contributed by atoms with Gasteiger partial charge in [-0.25, -0.2) is 9.97 Å². The van der Waals surface area contributed by atoms with E-state index in [0.29, 0.717) is 0 Å². The van der Waals surface area contributed by atoms with Gasteiger partial charge in [-0.2, -0.15) is 0 Å². The fraction of sp³-hybridized carbons (Fsp3) is 0.437. The van der Waals surface area contributed by atoms with Gasteiger partial charge >= 0.3 is 0 Å². The Balaban J connectivity index is 1.07. The van der Waals surface area contributed by atoms with E-state index in [1.54, 1.807) is 11.1 Å². The lowest BCUT2D eigenvalue weighted by atomic mass is 9.70. The van der Waals surface area contributed by atoms with Crippen LogP contribution in [0.5, 0.6) is 0 Å². The summed E-state index contributed by atoms with van der Waals surface area (Å²) >= 11 is 3.74. The predicted octanol–water partition coefficient (Wildman–Crippen LogP) is 22.7. The molecule has 0 N–H and O–H groups in total. The second-order valence-corrected chi connectivity index (χ2v) is 24.6. The minimum Gasteiger partial charge on any atom is -0.243 e. The molecule has 392 valence electrons. The zero-order valence-corrected chi connectivity index (χ0v) is 48.4. The average molecular weight is 1030 g/mol. The second-order valence-electron chi connectivity index (χ2n) is 22.2. The zero-order chi connectivity index (χ0) is 52.0. The van der Waals surface area contributed by atoms with Gasteiger partial charge in [0.15, 0.2) is 0 Å². The van der Waals surface area contributed by atoms with Crippen LogP contribution in [0.25, 0.3) is 76.0 Å². The van der Waals surface area contributed by atoms with E-state index >= 15 is 0 Å². The van der Waals surface area contributed by atoms with Crippen molar-refractivity contribution in [2.45, 2.75) is 201 Å². The maximum absolute atomic E-state index is 5.75. The number of fused-ring (bicyclic) bond motifs is 4. The number of unbranched alkanes of at least 4 members (excludes halogenated alkanes) is 18. The molecule has 8 aromatic rings. The summed E-state index contributed by atoms with van der Waals surface area (Å²) in [5, 5.41) is 0. The summed E-state index contributed by atoms with van der Waals surface area (Å²) in [6.45, 7) is 13.6. The molecule has 5 aromatic carbocycles. The molecule has 9 rings (SSSR count). The normalized spacial score (nSPS) is 12.7. The highest BCUT2D eigenvalue weighted by atomic mass is 32.1. The average Bonchev–Trinajstić information content (AvgIpc) is 4.20. The van der Waals surface area contributed by atoms with E-state index in [1.165, 1.54) is 194 Å². The molecule has 3 aromatic heterocycles. The van der Waals surface area contributed by atoms with Crippen LogP contribution in [-0.4, -0.2) is 9.97 Å². The van der Waals surface area contributed by atoms with Crippen LogP contribution < -0.4 is 0 Å². The quantitative estimate of drug-likeness (QED) is 0.0437. The van der Waals surface area contributed by atoms with Crippen molar-refractivity contribution < 1.29 is 0 Å². The van der Waals surface area contributed by atoms with E-state index in [0.717, 1.165) is 57.5 Å². The van der Waals surface area contributed by atoms with Crippen LogP contribution in [0.15, 0.2) is 121 Å². The fourth-order valence-electron chi connectivity index (χ4n) is 12.2. The summed E-state index contributed by atoms with van der Waals surface area (Å²) in [5.74, 6) is 0. The summed E-state index contributed by atoms with van der Waals surface area (Å²) in [6.07, 6.45) is 31.9. The number of hydrogen-bond donors (Lipinski definition) is 0. The molecule has 2 nitrogen and oxygen atoms in total. The Kier molecular flexibility index (Phi) is 19.5. The minimum absolute atomic E-state index is 0.0369. The van der Waals surface area contributed by atoms with Gasteiger partial charge in [-0.05, 0) is 109 Å². The van der Waals surface area contributed by atoms with Gasteiger partial charge < -0.3 is 0 Å². The van der Waals surface area contributed by atoms with Crippen LogP contribution in [0.3, 0.4) is 0 Å². The summed E-state index contributed by atoms with van der Waals surface area (Å²) in [5.41, 5.74) is 19.8. The van der Waals surface area contributed by atoms with Gasteiger partial charge in [0, 0.05) is 47.2 Å². The molecule has 4 heteroatoms.